The van der Waals surface area contributed by atoms with Crippen LogP contribution in [0.4, 0.5) is 0 Å². The molecule has 4 rings (SSSR count). The van der Waals surface area contributed by atoms with Crippen LogP contribution in [0, 0.1) is 13.8 Å². The van der Waals surface area contributed by atoms with Gasteiger partial charge in [-0.25, -0.2) is 8.42 Å². The van der Waals surface area contributed by atoms with Crippen molar-refractivity contribution in [1.82, 2.24) is 9.29 Å². The zero-order valence-corrected chi connectivity index (χ0v) is 17.3. The van der Waals surface area contributed by atoms with Gasteiger partial charge in [0.05, 0.1) is 12.0 Å². The molecular formula is C22H26N2O3S. The molecule has 1 saturated heterocycles. The van der Waals surface area contributed by atoms with Crippen molar-refractivity contribution in [2.24, 2.45) is 0 Å². The summed E-state index contributed by atoms with van der Waals surface area (Å²) in [6.07, 6.45) is 1.83. The molecule has 28 heavy (non-hydrogen) atoms. The minimum atomic E-state index is -3.49. The summed E-state index contributed by atoms with van der Waals surface area (Å²) in [4.78, 5) is 3.89. The maximum atomic E-state index is 13.3. The van der Waals surface area contributed by atoms with Crippen molar-refractivity contribution in [3.05, 3.63) is 59.3 Å². The molecule has 1 fully saturated rings. The van der Waals surface area contributed by atoms with Crippen molar-refractivity contribution in [3.8, 4) is 5.75 Å². The van der Waals surface area contributed by atoms with Crippen LogP contribution in [0.1, 0.15) is 35.6 Å². The molecule has 2 aromatic carbocycles. The molecule has 1 aliphatic heterocycles. The van der Waals surface area contributed by atoms with Crippen molar-refractivity contribution >= 4 is 20.9 Å². The van der Waals surface area contributed by atoms with Gasteiger partial charge in [0.1, 0.15) is 5.75 Å². The summed E-state index contributed by atoms with van der Waals surface area (Å²) in [6.45, 7) is 4.91. The number of hydrogen-bond donors (Lipinski definition) is 1. The Morgan fingerprint density at radius 2 is 1.93 bits per heavy atom. The smallest absolute Gasteiger partial charge is 0.243 e. The lowest BCUT2D eigenvalue weighted by Gasteiger charge is -2.32. The van der Waals surface area contributed by atoms with Crippen LogP contribution >= 0.6 is 0 Å². The summed E-state index contributed by atoms with van der Waals surface area (Å²) in [5.74, 6) is 0.980. The fourth-order valence-electron chi connectivity index (χ4n) is 4.12. The number of rotatable bonds is 4. The number of fused-ring (bicyclic) bond motifs is 1. The molecule has 5 nitrogen and oxygen atoms in total. The topological polar surface area (TPSA) is 62.4 Å². The third kappa shape index (κ3) is 3.42. The first-order valence-corrected chi connectivity index (χ1v) is 11.1. The average molecular weight is 399 g/mol. The molecule has 148 valence electrons. The molecule has 0 spiro atoms. The molecule has 1 aliphatic rings. The Hall–Kier alpha value is -2.31. The number of sulfonamides is 1. The molecule has 0 bridgehead atoms. The fraction of sp³-hybridized carbons (Fsp3) is 0.364. The summed E-state index contributed by atoms with van der Waals surface area (Å²) in [5.41, 5.74) is 4.01. The van der Waals surface area contributed by atoms with Gasteiger partial charge in [-0.15, -0.1) is 0 Å². The van der Waals surface area contributed by atoms with Crippen LogP contribution in [0.3, 0.4) is 0 Å². The predicted octanol–water partition coefficient (Wildman–Crippen LogP) is 4.36. The van der Waals surface area contributed by atoms with Gasteiger partial charge in [0.2, 0.25) is 10.0 Å². The lowest BCUT2D eigenvalue weighted by molar-refractivity contribution is 0.313. The Labute approximate surface area is 166 Å². The molecule has 1 aromatic heterocycles. The number of aryl methyl sites for hydroxylation is 2. The van der Waals surface area contributed by atoms with Crippen LogP contribution in [-0.2, 0) is 10.0 Å². The van der Waals surface area contributed by atoms with Crippen molar-refractivity contribution in [2.75, 3.05) is 20.2 Å². The van der Waals surface area contributed by atoms with Crippen molar-refractivity contribution < 1.29 is 13.2 Å². The van der Waals surface area contributed by atoms with Gasteiger partial charge in [-0.3, -0.25) is 0 Å². The van der Waals surface area contributed by atoms with E-state index < -0.39 is 10.0 Å². The number of aromatic nitrogens is 1. The second-order valence-electron chi connectivity index (χ2n) is 7.65. The first-order chi connectivity index (χ1) is 13.4. The van der Waals surface area contributed by atoms with E-state index in [9.17, 15) is 8.42 Å². The Kier molecular flexibility index (Phi) is 4.93. The molecule has 1 unspecified atom stereocenters. The van der Waals surface area contributed by atoms with Crippen molar-refractivity contribution in [1.29, 1.82) is 0 Å². The monoisotopic (exact) mass is 398 g/mol. The minimum absolute atomic E-state index is 0.160. The lowest BCUT2D eigenvalue weighted by atomic mass is 9.96. The SMILES string of the molecule is COc1ccc2[nH]c(C3CCCN(S(=O)(=O)c4ccc(C)cc4C)C3)cc2c1. The Bertz CT molecular complexity index is 1120. The van der Waals surface area contributed by atoms with Crippen LogP contribution in [0.5, 0.6) is 5.75 Å². The van der Waals surface area contributed by atoms with Gasteiger partial charge in [-0.05, 0) is 62.6 Å². The van der Waals surface area contributed by atoms with E-state index in [1.54, 1.807) is 17.5 Å². The standard InChI is InChI=1S/C22H26N2O3S/c1-15-6-9-22(16(2)11-15)28(25,26)24-10-4-5-17(14-24)21-13-18-12-19(27-3)7-8-20(18)23-21/h6-9,11-13,17,23H,4-5,10,14H2,1-3H3. The maximum Gasteiger partial charge on any atom is 0.243 e. The van der Waals surface area contributed by atoms with Gasteiger partial charge in [-0.2, -0.15) is 4.31 Å². The molecule has 2 heterocycles. The molecule has 1 N–H and O–H groups in total. The molecule has 1 atom stereocenters. The summed E-state index contributed by atoms with van der Waals surface area (Å²) in [6, 6.07) is 13.6. The minimum Gasteiger partial charge on any atom is -0.497 e. The average Bonchev–Trinajstić information content (AvgIpc) is 3.11. The second-order valence-corrected chi connectivity index (χ2v) is 9.56. The summed E-state index contributed by atoms with van der Waals surface area (Å²) in [5, 5.41) is 1.09. The van der Waals surface area contributed by atoms with Crippen molar-refractivity contribution in [2.45, 2.75) is 37.5 Å². The molecule has 0 radical (unpaired) electrons. The van der Waals surface area contributed by atoms with Crippen LogP contribution in [0.15, 0.2) is 47.4 Å². The number of H-pyrrole nitrogens is 1. The number of nitrogens with zero attached hydrogens (tertiary/aromatic N) is 1. The lowest BCUT2D eigenvalue weighted by Crippen LogP contribution is -2.39. The van der Waals surface area contributed by atoms with E-state index in [1.807, 2.05) is 44.2 Å². The van der Waals surface area contributed by atoms with Crippen LogP contribution in [-0.4, -0.2) is 37.9 Å². The quantitative estimate of drug-likeness (QED) is 0.710. The molecule has 0 saturated carbocycles. The van der Waals surface area contributed by atoms with E-state index >= 15 is 0 Å². The van der Waals surface area contributed by atoms with E-state index in [2.05, 4.69) is 11.1 Å². The van der Waals surface area contributed by atoms with Crippen LogP contribution in [0.25, 0.3) is 10.9 Å². The highest BCUT2D eigenvalue weighted by Crippen LogP contribution is 2.33. The van der Waals surface area contributed by atoms with Gasteiger partial charge in [0.15, 0.2) is 0 Å². The zero-order valence-electron chi connectivity index (χ0n) is 16.5. The van der Waals surface area contributed by atoms with Gasteiger partial charge >= 0.3 is 0 Å². The van der Waals surface area contributed by atoms with E-state index in [0.717, 1.165) is 46.3 Å². The summed E-state index contributed by atoms with van der Waals surface area (Å²) in [7, 11) is -1.83. The Balaban J connectivity index is 1.62. The molecule has 3 aromatic rings. The highest BCUT2D eigenvalue weighted by molar-refractivity contribution is 7.89. The largest absolute Gasteiger partial charge is 0.497 e. The Morgan fingerprint density at radius 1 is 1.11 bits per heavy atom. The fourth-order valence-corrected chi connectivity index (χ4v) is 5.85. The van der Waals surface area contributed by atoms with Gasteiger partial charge in [0, 0.05) is 35.6 Å². The maximum absolute atomic E-state index is 13.3. The molecule has 0 aliphatic carbocycles. The second kappa shape index (κ2) is 7.26. The summed E-state index contributed by atoms with van der Waals surface area (Å²) >= 11 is 0. The Morgan fingerprint density at radius 3 is 2.68 bits per heavy atom. The molecule has 0 amide bonds. The van der Waals surface area contributed by atoms with E-state index in [4.69, 9.17) is 4.74 Å². The highest BCUT2D eigenvalue weighted by Gasteiger charge is 2.32. The van der Waals surface area contributed by atoms with Gasteiger partial charge in [0.25, 0.3) is 0 Å². The van der Waals surface area contributed by atoms with E-state index in [0.29, 0.717) is 18.0 Å². The number of ether oxygens (including phenoxy) is 1. The number of piperidine rings is 1. The first-order valence-electron chi connectivity index (χ1n) is 9.62. The van der Waals surface area contributed by atoms with Gasteiger partial charge in [-0.1, -0.05) is 17.7 Å². The molecule has 6 heteroatoms. The number of methoxy groups -OCH3 is 1. The van der Waals surface area contributed by atoms with Crippen LogP contribution < -0.4 is 4.74 Å². The zero-order chi connectivity index (χ0) is 19.9. The normalized spacial score (nSPS) is 18.5. The first kappa shape index (κ1) is 19.0. The number of benzene rings is 2. The predicted molar refractivity (Wildman–Crippen MR) is 112 cm³/mol. The van der Waals surface area contributed by atoms with E-state index in [1.165, 1.54) is 0 Å². The number of nitrogens with one attached hydrogen (secondary N) is 1. The third-order valence-corrected chi connectivity index (χ3v) is 7.65. The van der Waals surface area contributed by atoms with Crippen molar-refractivity contribution in [3.63, 3.8) is 0 Å². The van der Waals surface area contributed by atoms with E-state index in [-0.39, 0.29) is 5.92 Å². The molecular weight excluding hydrogens is 372 g/mol. The third-order valence-electron chi connectivity index (χ3n) is 5.62. The number of hydrogen-bond acceptors (Lipinski definition) is 3. The van der Waals surface area contributed by atoms with Gasteiger partial charge < -0.3 is 9.72 Å². The highest BCUT2D eigenvalue weighted by atomic mass is 32.2. The summed E-state index contributed by atoms with van der Waals surface area (Å²) < 4.78 is 33.5. The number of aromatic amines is 1. The van der Waals surface area contributed by atoms with Crippen LogP contribution in [0.2, 0.25) is 0 Å².